The summed E-state index contributed by atoms with van der Waals surface area (Å²) in [6.45, 7) is 2.59. The van der Waals surface area contributed by atoms with Crippen LogP contribution in [-0.2, 0) is 4.79 Å². The van der Waals surface area contributed by atoms with Crippen molar-refractivity contribution in [2.75, 3.05) is 20.2 Å². The van der Waals surface area contributed by atoms with Crippen molar-refractivity contribution in [1.82, 2.24) is 10.2 Å². The molecule has 2 aromatic rings. The lowest BCUT2D eigenvalue weighted by Crippen LogP contribution is -2.37. The average Bonchev–Trinajstić information content (AvgIpc) is 2.95. The highest BCUT2D eigenvalue weighted by Crippen LogP contribution is 2.32. The fourth-order valence-corrected chi connectivity index (χ4v) is 4.05. The number of thiocarbonyl (C=S) groups is 1. The smallest absolute Gasteiger partial charge is 0.266 e. The third-order valence-electron chi connectivity index (χ3n) is 4.17. The van der Waals surface area contributed by atoms with Crippen LogP contribution < -0.4 is 10.1 Å². The molecule has 0 spiro atoms. The SMILES string of the molecule is COc1cccc(/C=C2/SC(=S)N(CCNC(=O)c3cccc(C)c3)C2=O)c1. The Balaban J connectivity index is 1.60. The van der Waals surface area contributed by atoms with Crippen LogP contribution in [0.15, 0.2) is 53.4 Å². The quantitative estimate of drug-likeness (QED) is 0.580. The summed E-state index contributed by atoms with van der Waals surface area (Å²) in [5.41, 5.74) is 2.49. The molecule has 28 heavy (non-hydrogen) atoms. The molecule has 0 unspecified atom stereocenters. The van der Waals surface area contributed by atoms with Crippen LogP contribution in [0.4, 0.5) is 0 Å². The van der Waals surface area contributed by atoms with Gasteiger partial charge >= 0.3 is 0 Å². The molecule has 0 saturated carbocycles. The Hall–Kier alpha value is -2.64. The van der Waals surface area contributed by atoms with E-state index in [1.54, 1.807) is 19.3 Å². The van der Waals surface area contributed by atoms with E-state index in [4.69, 9.17) is 17.0 Å². The van der Waals surface area contributed by atoms with E-state index in [2.05, 4.69) is 5.32 Å². The van der Waals surface area contributed by atoms with E-state index < -0.39 is 0 Å². The van der Waals surface area contributed by atoms with Crippen LogP contribution in [0.3, 0.4) is 0 Å². The first-order valence-electron chi connectivity index (χ1n) is 8.72. The first-order valence-corrected chi connectivity index (χ1v) is 9.94. The van der Waals surface area contributed by atoms with Crippen molar-refractivity contribution in [3.05, 3.63) is 70.1 Å². The number of amides is 2. The molecule has 0 radical (unpaired) electrons. The van der Waals surface area contributed by atoms with Gasteiger partial charge in [-0.25, -0.2) is 0 Å². The molecular formula is C21H20N2O3S2. The number of nitrogens with one attached hydrogen (secondary N) is 1. The molecule has 2 amide bonds. The number of nitrogens with zero attached hydrogens (tertiary/aromatic N) is 1. The Morgan fingerprint density at radius 3 is 2.79 bits per heavy atom. The van der Waals surface area contributed by atoms with Crippen LogP contribution in [0.2, 0.25) is 0 Å². The maximum atomic E-state index is 12.7. The van der Waals surface area contributed by atoms with E-state index in [0.717, 1.165) is 16.9 Å². The van der Waals surface area contributed by atoms with Crippen molar-refractivity contribution in [2.45, 2.75) is 6.92 Å². The fourth-order valence-electron chi connectivity index (χ4n) is 2.75. The summed E-state index contributed by atoms with van der Waals surface area (Å²) in [6.07, 6.45) is 1.80. The Morgan fingerprint density at radius 1 is 1.25 bits per heavy atom. The standard InChI is InChI=1S/C21H20N2O3S2/c1-14-5-3-7-16(11-14)19(24)22-9-10-23-20(25)18(28-21(23)27)13-15-6-4-8-17(12-15)26-2/h3-8,11-13H,9-10H2,1-2H3,(H,22,24)/b18-13+. The largest absolute Gasteiger partial charge is 0.497 e. The molecule has 0 aliphatic carbocycles. The summed E-state index contributed by atoms with van der Waals surface area (Å²) in [5, 5.41) is 2.84. The van der Waals surface area contributed by atoms with Crippen molar-refractivity contribution in [3.63, 3.8) is 0 Å². The van der Waals surface area contributed by atoms with Gasteiger partial charge in [0.2, 0.25) is 0 Å². The minimum Gasteiger partial charge on any atom is -0.497 e. The predicted molar refractivity (Wildman–Crippen MR) is 116 cm³/mol. The average molecular weight is 413 g/mol. The summed E-state index contributed by atoms with van der Waals surface area (Å²) in [4.78, 5) is 27.0. The van der Waals surface area contributed by atoms with Gasteiger partial charge in [-0.1, -0.05) is 53.8 Å². The second-order valence-corrected chi connectivity index (χ2v) is 7.91. The van der Waals surface area contributed by atoms with E-state index >= 15 is 0 Å². The number of hydrogen-bond donors (Lipinski definition) is 1. The van der Waals surface area contributed by atoms with Gasteiger partial charge in [0.1, 0.15) is 10.1 Å². The monoisotopic (exact) mass is 412 g/mol. The normalized spacial score (nSPS) is 15.2. The van der Waals surface area contributed by atoms with Crippen LogP contribution in [-0.4, -0.2) is 41.2 Å². The summed E-state index contributed by atoms with van der Waals surface area (Å²) in [7, 11) is 1.60. The summed E-state index contributed by atoms with van der Waals surface area (Å²) < 4.78 is 5.70. The molecule has 7 heteroatoms. The van der Waals surface area contributed by atoms with E-state index in [1.807, 2.05) is 49.4 Å². The molecule has 1 heterocycles. The predicted octanol–water partition coefficient (Wildman–Crippen LogP) is 3.63. The second kappa shape index (κ2) is 9.03. The van der Waals surface area contributed by atoms with Gasteiger partial charge < -0.3 is 10.1 Å². The molecule has 1 aliphatic heterocycles. The molecule has 3 rings (SSSR count). The lowest BCUT2D eigenvalue weighted by atomic mass is 10.1. The minimum absolute atomic E-state index is 0.150. The number of benzene rings is 2. The highest BCUT2D eigenvalue weighted by molar-refractivity contribution is 8.26. The zero-order valence-corrected chi connectivity index (χ0v) is 17.2. The van der Waals surface area contributed by atoms with Crippen LogP contribution in [0.1, 0.15) is 21.5 Å². The van der Waals surface area contributed by atoms with Crippen molar-refractivity contribution in [2.24, 2.45) is 0 Å². The maximum absolute atomic E-state index is 12.7. The molecule has 1 aliphatic rings. The molecule has 0 bridgehead atoms. The topological polar surface area (TPSA) is 58.6 Å². The Labute approximate surface area is 173 Å². The first-order chi connectivity index (χ1) is 13.5. The molecule has 1 N–H and O–H groups in total. The highest BCUT2D eigenvalue weighted by Gasteiger charge is 2.31. The van der Waals surface area contributed by atoms with Crippen molar-refractivity contribution < 1.29 is 14.3 Å². The zero-order chi connectivity index (χ0) is 20.1. The van der Waals surface area contributed by atoms with Gasteiger partial charge in [0.15, 0.2) is 0 Å². The van der Waals surface area contributed by atoms with Crippen molar-refractivity contribution >= 4 is 46.2 Å². The molecular weight excluding hydrogens is 392 g/mol. The Bertz CT molecular complexity index is 956. The number of carbonyl (C=O) groups excluding carboxylic acids is 2. The number of ether oxygens (including phenoxy) is 1. The first kappa shape index (κ1) is 20.1. The van der Waals surface area contributed by atoms with Gasteiger partial charge in [0.05, 0.1) is 12.0 Å². The number of hydrogen-bond acceptors (Lipinski definition) is 5. The van der Waals surface area contributed by atoms with E-state index in [0.29, 0.717) is 27.9 Å². The molecule has 0 aromatic heterocycles. The van der Waals surface area contributed by atoms with Gasteiger partial charge in [-0.15, -0.1) is 0 Å². The molecule has 2 aromatic carbocycles. The lowest BCUT2D eigenvalue weighted by molar-refractivity contribution is -0.122. The van der Waals surface area contributed by atoms with Gasteiger partial charge in [0, 0.05) is 18.7 Å². The number of carbonyl (C=O) groups is 2. The fraction of sp³-hybridized carbons (Fsp3) is 0.190. The Morgan fingerprint density at radius 2 is 2.04 bits per heavy atom. The van der Waals surface area contributed by atoms with Gasteiger partial charge in [-0.05, 0) is 42.8 Å². The minimum atomic E-state index is -0.166. The number of thioether (sulfide) groups is 1. The van der Waals surface area contributed by atoms with Crippen LogP contribution in [0.5, 0.6) is 5.75 Å². The van der Waals surface area contributed by atoms with E-state index in [9.17, 15) is 9.59 Å². The van der Waals surface area contributed by atoms with Crippen LogP contribution >= 0.6 is 24.0 Å². The van der Waals surface area contributed by atoms with Crippen molar-refractivity contribution in [3.8, 4) is 5.75 Å². The number of aryl methyl sites for hydroxylation is 1. The lowest BCUT2D eigenvalue weighted by Gasteiger charge is -2.15. The van der Waals surface area contributed by atoms with E-state index in [1.165, 1.54) is 16.7 Å². The van der Waals surface area contributed by atoms with Crippen LogP contribution in [0, 0.1) is 6.92 Å². The molecule has 0 atom stereocenters. The third kappa shape index (κ3) is 4.79. The maximum Gasteiger partial charge on any atom is 0.266 e. The number of methoxy groups -OCH3 is 1. The molecule has 1 fully saturated rings. The Kier molecular flexibility index (Phi) is 6.49. The van der Waals surface area contributed by atoms with E-state index in [-0.39, 0.29) is 11.8 Å². The molecule has 5 nitrogen and oxygen atoms in total. The van der Waals surface area contributed by atoms with Gasteiger partial charge in [-0.3, -0.25) is 14.5 Å². The summed E-state index contributed by atoms with van der Waals surface area (Å²) >= 11 is 6.60. The van der Waals surface area contributed by atoms with Crippen LogP contribution in [0.25, 0.3) is 6.08 Å². The number of rotatable bonds is 6. The summed E-state index contributed by atoms with van der Waals surface area (Å²) in [6, 6.07) is 14.8. The van der Waals surface area contributed by atoms with Gasteiger partial charge in [-0.2, -0.15) is 0 Å². The molecule has 1 saturated heterocycles. The zero-order valence-electron chi connectivity index (χ0n) is 15.6. The van der Waals surface area contributed by atoms with Crippen molar-refractivity contribution in [1.29, 1.82) is 0 Å². The van der Waals surface area contributed by atoms with Gasteiger partial charge in [0.25, 0.3) is 11.8 Å². The highest BCUT2D eigenvalue weighted by atomic mass is 32.2. The third-order valence-corrected chi connectivity index (χ3v) is 5.54. The summed E-state index contributed by atoms with van der Waals surface area (Å²) in [5.74, 6) is 0.409. The second-order valence-electron chi connectivity index (χ2n) is 6.24. The molecule has 144 valence electrons.